The first-order valence-electron chi connectivity index (χ1n) is 9.38. The smallest absolute Gasteiger partial charge is 0.127 e. The Hall–Kier alpha value is -3.18. The average molecular weight is 372 g/mol. The number of benzene rings is 1. The fourth-order valence-corrected chi connectivity index (χ4v) is 3.45. The van der Waals surface area contributed by atoms with Crippen LogP contribution >= 0.6 is 0 Å². The van der Waals surface area contributed by atoms with E-state index in [0.29, 0.717) is 6.54 Å². The van der Waals surface area contributed by atoms with E-state index < -0.39 is 6.10 Å². The van der Waals surface area contributed by atoms with E-state index in [4.69, 9.17) is 0 Å². The second-order valence-corrected chi connectivity index (χ2v) is 7.30. The van der Waals surface area contributed by atoms with E-state index in [1.54, 1.807) is 13.1 Å². The Balaban J connectivity index is 1.71. The minimum Gasteiger partial charge on any atom is -0.392 e. The summed E-state index contributed by atoms with van der Waals surface area (Å²) in [5.74, 6) is 0.941. The molecule has 0 saturated carbocycles. The highest BCUT2D eigenvalue weighted by Crippen LogP contribution is 2.30. The third-order valence-electron chi connectivity index (χ3n) is 4.87. The van der Waals surface area contributed by atoms with Crippen LogP contribution in [-0.2, 0) is 6.54 Å². The summed E-state index contributed by atoms with van der Waals surface area (Å²) in [7, 11) is 3.97. The number of aromatic nitrogens is 3. The SMILES string of the molecule is C[C@H](O)Cn1c(-c2ccc(-c3ccc(N(C)C)nc3)cc2)cc2ccncc21. The summed E-state index contributed by atoms with van der Waals surface area (Å²) in [5.41, 5.74) is 5.44. The van der Waals surface area contributed by atoms with Crippen LogP contribution in [0.3, 0.4) is 0 Å². The Kier molecular flexibility index (Phi) is 4.84. The average Bonchev–Trinajstić information content (AvgIpc) is 3.06. The molecule has 0 bridgehead atoms. The lowest BCUT2D eigenvalue weighted by Gasteiger charge is -2.13. The maximum absolute atomic E-state index is 9.96. The van der Waals surface area contributed by atoms with E-state index in [2.05, 4.69) is 50.9 Å². The molecule has 28 heavy (non-hydrogen) atoms. The third kappa shape index (κ3) is 3.49. The van der Waals surface area contributed by atoms with Crippen molar-refractivity contribution in [1.29, 1.82) is 0 Å². The van der Waals surface area contributed by atoms with Crippen LogP contribution in [0.1, 0.15) is 6.92 Å². The monoisotopic (exact) mass is 372 g/mol. The molecule has 3 aromatic heterocycles. The van der Waals surface area contributed by atoms with Gasteiger partial charge in [-0.15, -0.1) is 0 Å². The van der Waals surface area contributed by atoms with Gasteiger partial charge in [-0.1, -0.05) is 24.3 Å². The molecule has 1 aromatic carbocycles. The summed E-state index contributed by atoms with van der Waals surface area (Å²) < 4.78 is 2.13. The molecule has 4 rings (SSSR count). The minimum absolute atomic E-state index is 0.435. The topological polar surface area (TPSA) is 54.2 Å². The summed E-state index contributed by atoms with van der Waals surface area (Å²) in [5, 5.41) is 11.1. The maximum atomic E-state index is 9.96. The Morgan fingerprint density at radius 3 is 2.32 bits per heavy atom. The second-order valence-electron chi connectivity index (χ2n) is 7.30. The predicted octanol–water partition coefficient (Wildman–Crippen LogP) is 4.21. The molecule has 0 amide bonds. The zero-order valence-corrected chi connectivity index (χ0v) is 16.4. The normalized spacial score (nSPS) is 12.3. The lowest BCUT2D eigenvalue weighted by Crippen LogP contribution is -2.12. The van der Waals surface area contributed by atoms with Gasteiger partial charge in [0.2, 0.25) is 0 Å². The van der Waals surface area contributed by atoms with E-state index in [0.717, 1.165) is 39.1 Å². The Labute approximate surface area is 164 Å². The van der Waals surface area contributed by atoms with Crippen molar-refractivity contribution in [3.8, 4) is 22.4 Å². The van der Waals surface area contributed by atoms with Crippen LogP contribution in [0.5, 0.6) is 0 Å². The molecular weight excluding hydrogens is 348 g/mol. The van der Waals surface area contributed by atoms with Gasteiger partial charge < -0.3 is 14.6 Å². The van der Waals surface area contributed by atoms with Crippen LogP contribution in [0, 0.1) is 0 Å². The van der Waals surface area contributed by atoms with Gasteiger partial charge in [0.05, 0.1) is 17.8 Å². The van der Waals surface area contributed by atoms with Crippen LogP contribution in [0.2, 0.25) is 0 Å². The van der Waals surface area contributed by atoms with Crippen molar-refractivity contribution in [1.82, 2.24) is 14.5 Å². The molecular formula is C23H24N4O. The van der Waals surface area contributed by atoms with Gasteiger partial charge in [-0.05, 0) is 42.3 Å². The molecule has 0 aliphatic heterocycles. The molecule has 0 spiro atoms. The quantitative estimate of drug-likeness (QED) is 0.570. The van der Waals surface area contributed by atoms with Gasteiger partial charge in [-0.2, -0.15) is 0 Å². The van der Waals surface area contributed by atoms with Gasteiger partial charge in [0, 0.05) is 49.7 Å². The Morgan fingerprint density at radius 2 is 1.68 bits per heavy atom. The molecule has 0 fully saturated rings. The molecule has 0 saturated heterocycles. The molecule has 3 heterocycles. The number of hydrogen-bond acceptors (Lipinski definition) is 4. The van der Waals surface area contributed by atoms with Crippen molar-refractivity contribution < 1.29 is 5.11 Å². The molecule has 0 aliphatic carbocycles. The number of hydrogen-bond donors (Lipinski definition) is 1. The van der Waals surface area contributed by atoms with Crippen molar-refractivity contribution in [2.75, 3.05) is 19.0 Å². The fraction of sp³-hybridized carbons (Fsp3) is 0.217. The minimum atomic E-state index is -0.435. The van der Waals surface area contributed by atoms with Crippen molar-refractivity contribution >= 4 is 16.7 Å². The standard InChI is InChI=1S/C23H24N4O/c1-16(28)15-27-21(12-19-10-11-24-14-22(19)27)18-6-4-17(5-7-18)20-8-9-23(25-13-20)26(2)3/h4-14,16,28H,15H2,1-3H3/t16-/m0/s1. The number of aliphatic hydroxyl groups is 1. The first-order chi connectivity index (χ1) is 13.5. The molecule has 4 aromatic rings. The summed E-state index contributed by atoms with van der Waals surface area (Å²) >= 11 is 0. The summed E-state index contributed by atoms with van der Waals surface area (Å²) in [4.78, 5) is 10.7. The zero-order valence-electron chi connectivity index (χ0n) is 16.4. The Bertz CT molecular complexity index is 1080. The highest BCUT2D eigenvalue weighted by atomic mass is 16.3. The van der Waals surface area contributed by atoms with Crippen LogP contribution < -0.4 is 4.90 Å². The number of fused-ring (bicyclic) bond motifs is 1. The van der Waals surface area contributed by atoms with Gasteiger partial charge >= 0.3 is 0 Å². The van der Waals surface area contributed by atoms with Crippen LogP contribution in [0.15, 0.2) is 67.1 Å². The highest BCUT2D eigenvalue weighted by Gasteiger charge is 2.13. The molecule has 0 radical (unpaired) electrons. The lowest BCUT2D eigenvalue weighted by molar-refractivity contribution is 0.176. The van der Waals surface area contributed by atoms with E-state index in [-0.39, 0.29) is 0 Å². The number of nitrogens with zero attached hydrogens (tertiary/aromatic N) is 4. The molecule has 0 unspecified atom stereocenters. The first kappa shape index (κ1) is 18.2. The molecule has 1 atom stereocenters. The Morgan fingerprint density at radius 1 is 0.964 bits per heavy atom. The third-order valence-corrected chi connectivity index (χ3v) is 4.87. The second kappa shape index (κ2) is 7.44. The van der Waals surface area contributed by atoms with Crippen molar-refractivity contribution in [2.45, 2.75) is 19.6 Å². The molecule has 1 N–H and O–H groups in total. The van der Waals surface area contributed by atoms with Crippen molar-refractivity contribution in [2.24, 2.45) is 0 Å². The summed E-state index contributed by atoms with van der Waals surface area (Å²) in [6.45, 7) is 2.33. The van der Waals surface area contributed by atoms with Crippen molar-refractivity contribution in [3.63, 3.8) is 0 Å². The van der Waals surface area contributed by atoms with E-state index in [9.17, 15) is 5.11 Å². The van der Waals surface area contributed by atoms with Gasteiger partial charge in [0.15, 0.2) is 0 Å². The van der Waals surface area contributed by atoms with Crippen LogP contribution in [0.4, 0.5) is 5.82 Å². The lowest BCUT2D eigenvalue weighted by atomic mass is 10.0. The number of rotatable bonds is 5. The van der Waals surface area contributed by atoms with Crippen LogP contribution in [0.25, 0.3) is 33.3 Å². The predicted molar refractivity (Wildman–Crippen MR) is 114 cm³/mol. The summed E-state index contributed by atoms with van der Waals surface area (Å²) in [6, 6.07) is 16.7. The zero-order chi connectivity index (χ0) is 19.7. The van der Waals surface area contributed by atoms with Gasteiger partial charge in [-0.3, -0.25) is 4.98 Å². The van der Waals surface area contributed by atoms with Gasteiger partial charge in [-0.25, -0.2) is 4.98 Å². The number of aliphatic hydroxyl groups excluding tert-OH is 1. The first-order valence-corrected chi connectivity index (χ1v) is 9.38. The fourth-order valence-electron chi connectivity index (χ4n) is 3.45. The van der Waals surface area contributed by atoms with E-state index >= 15 is 0 Å². The molecule has 142 valence electrons. The molecule has 0 aliphatic rings. The van der Waals surface area contributed by atoms with Gasteiger partial charge in [0.1, 0.15) is 5.82 Å². The van der Waals surface area contributed by atoms with Crippen molar-refractivity contribution in [3.05, 3.63) is 67.1 Å². The van der Waals surface area contributed by atoms with E-state index in [1.165, 1.54) is 0 Å². The molecule has 5 nitrogen and oxygen atoms in total. The largest absolute Gasteiger partial charge is 0.392 e. The van der Waals surface area contributed by atoms with Crippen LogP contribution in [-0.4, -0.2) is 39.8 Å². The maximum Gasteiger partial charge on any atom is 0.127 e. The highest BCUT2D eigenvalue weighted by molar-refractivity contribution is 5.86. The number of anilines is 1. The molecule has 5 heteroatoms. The summed E-state index contributed by atoms with van der Waals surface area (Å²) in [6.07, 6.45) is 5.12. The van der Waals surface area contributed by atoms with E-state index in [1.807, 2.05) is 43.5 Å². The number of pyridine rings is 2. The van der Waals surface area contributed by atoms with Gasteiger partial charge in [0.25, 0.3) is 0 Å².